The van der Waals surface area contributed by atoms with Crippen molar-refractivity contribution in [1.29, 1.82) is 0 Å². The molecule has 0 aliphatic heterocycles. The predicted molar refractivity (Wildman–Crippen MR) is 104 cm³/mol. The minimum atomic E-state index is -0.0656. The van der Waals surface area contributed by atoms with Gasteiger partial charge in [-0.25, -0.2) is 0 Å². The van der Waals surface area contributed by atoms with Gasteiger partial charge in [-0.15, -0.1) is 0 Å². The molecule has 3 N–H and O–H groups in total. The number of benzene rings is 1. The molecule has 3 heteroatoms. The Morgan fingerprint density at radius 3 is 1.92 bits per heavy atom. The highest BCUT2D eigenvalue weighted by atomic mass is 16.3. The van der Waals surface area contributed by atoms with Gasteiger partial charge in [0, 0.05) is 6.54 Å². The van der Waals surface area contributed by atoms with E-state index in [4.69, 9.17) is 0 Å². The summed E-state index contributed by atoms with van der Waals surface area (Å²) in [5, 5.41) is 22.3. The van der Waals surface area contributed by atoms with E-state index in [0.29, 0.717) is 5.69 Å². The number of rotatable bonds is 14. The van der Waals surface area contributed by atoms with Crippen molar-refractivity contribution in [1.82, 2.24) is 0 Å². The van der Waals surface area contributed by atoms with Gasteiger partial charge in [-0.1, -0.05) is 84.1 Å². The van der Waals surface area contributed by atoms with Crippen LogP contribution in [0.1, 0.15) is 84.5 Å². The normalized spacial score (nSPS) is 11.1. The van der Waals surface area contributed by atoms with E-state index in [2.05, 4.69) is 19.2 Å². The largest absolute Gasteiger partial charge is 0.504 e. The van der Waals surface area contributed by atoms with Crippen molar-refractivity contribution in [2.24, 2.45) is 5.92 Å². The number of hydrogen-bond donors (Lipinski definition) is 3. The van der Waals surface area contributed by atoms with Crippen LogP contribution < -0.4 is 5.32 Å². The summed E-state index contributed by atoms with van der Waals surface area (Å²) in [7, 11) is 0. The molecule has 0 atom stereocenters. The summed E-state index contributed by atoms with van der Waals surface area (Å²) in [6, 6.07) is 5.02. The fourth-order valence-electron chi connectivity index (χ4n) is 2.99. The Labute approximate surface area is 148 Å². The van der Waals surface area contributed by atoms with Crippen molar-refractivity contribution in [3.05, 3.63) is 18.2 Å². The van der Waals surface area contributed by atoms with Crippen LogP contribution in [-0.2, 0) is 0 Å². The summed E-state index contributed by atoms with van der Waals surface area (Å²) in [5.74, 6) is 0.742. The zero-order chi connectivity index (χ0) is 17.6. The van der Waals surface area contributed by atoms with Crippen LogP contribution in [-0.4, -0.2) is 16.8 Å². The fourth-order valence-corrected chi connectivity index (χ4v) is 2.99. The number of phenolic OH excluding ortho intramolecular Hbond substituents is 2. The first-order chi connectivity index (χ1) is 11.6. The number of aromatic hydroxyl groups is 2. The van der Waals surface area contributed by atoms with E-state index in [-0.39, 0.29) is 11.5 Å². The highest BCUT2D eigenvalue weighted by molar-refractivity contribution is 5.61. The second kappa shape index (κ2) is 13.0. The van der Waals surface area contributed by atoms with Crippen LogP contribution in [0, 0.1) is 5.92 Å². The van der Waals surface area contributed by atoms with E-state index in [1.54, 1.807) is 12.1 Å². The van der Waals surface area contributed by atoms with Crippen molar-refractivity contribution in [2.75, 3.05) is 11.9 Å². The molecule has 0 heterocycles. The Hall–Kier alpha value is -1.38. The lowest BCUT2D eigenvalue weighted by Crippen LogP contribution is -2.01. The van der Waals surface area contributed by atoms with Gasteiger partial charge in [0.15, 0.2) is 11.5 Å². The molecule has 1 aromatic rings. The standard InChI is InChI=1S/C21H37NO2/c1-18(2)14-11-9-7-5-3-4-6-8-10-12-17-22-19-15-13-16-20(23)21(19)24/h13,15-16,18,22-24H,3-12,14,17H2,1-2H3. The van der Waals surface area contributed by atoms with Gasteiger partial charge < -0.3 is 15.5 Å². The first kappa shape index (κ1) is 20.7. The number of anilines is 1. The second-order valence-electron chi connectivity index (χ2n) is 7.32. The number of hydrogen-bond acceptors (Lipinski definition) is 3. The van der Waals surface area contributed by atoms with Crippen molar-refractivity contribution in [3.63, 3.8) is 0 Å². The molecule has 1 aromatic carbocycles. The van der Waals surface area contributed by atoms with Crippen molar-refractivity contribution >= 4 is 5.69 Å². The van der Waals surface area contributed by atoms with Gasteiger partial charge in [-0.2, -0.15) is 0 Å². The van der Waals surface area contributed by atoms with Gasteiger partial charge in [0.05, 0.1) is 5.69 Å². The summed E-state index contributed by atoms with van der Waals surface area (Å²) in [5.41, 5.74) is 0.618. The molecule has 0 radical (unpaired) electrons. The molecule has 138 valence electrons. The minimum absolute atomic E-state index is 0.0501. The molecular formula is C21H37NO2. The van der Waals surface area contributed by atoms with E-state index in [9.17, 15) is 10.2 Å². The molecule has 3 nitrogen and oxygen atoms in total. The molecule has 0 spiro atoms. The first-order valence-corrected chi connectivity index (χ1v) is 9.86. The van der Waals surface area contributed by atoms with Crippen LogP contribution in [0.2, 0.25) is 0 Å². The number of phenols is 2. The Bertz CT molecular complexity index is 432. The lowest BCUT2D eigenvalue weighted by molar-refractivity contribution is 0.405. The lowest BCUT2D eigenvalue weighted by Gasteiger charge is -2.09. The van der Waals surface area contributed by atoms with E-state index in [0.717, 1.165) is 18.9 Å². The van der Waals surface area contributed by atoms with Gasteiger partial charge in [-0.05, 0) is 24.5 Å². The Morgan fingerprint density at radius 1 is 0.792 bits per heavy atom. The lowest BCUT2D eigenvalue weighted by atomic mass is 10.0. The highest BCUT2D eigenvalue weighted by Gasteiger charge is 2.04. The summed E-state index contributed by atoms with van der Waals surface area (Å²) in [4.78, 5) is 0. The molecule has 0 fully saturated rings. The van der Waals surface area contributed by atoms with Gasteiger partial charge in [-0.3, -0.25) is 0 Å². The van der Waals surface area contributed by atoms with Gasteiger partial charge in [0.1, 0.15) is 0 Å². The Kier molecular flexibility index (Phi) is 11.2. The minimum Gasteiger partial charge on any atom is -0.504 e. The van der Waals surface area contributed by atoms with Crippen LogP contribution in [0.15, 0.2) is 18.2 Å². The average molecular weight is 336 g/mol. The Morgan fingerprint density at radius 2 is 1.33 bits per heavy atom. The van der Waals surface area contributed by atoms with Crippen LogP contribution in [0.3, 0.4) is 0 Å². The summed E-state index contributed by atoms with van der Waals surface area (Å²) >= 11 is 0. The highest BCUT2D eigenvalue weighted by Crippen LogP contribution is 2.32. The molecule has 0 aliphatic rings. The molecule has 0 unspecified atom stereocenters. The van der Waals surface area contributed by atoms with Crippen molar-refractivity contribution < 1.29 is 10.2 Å². The van der Waals surface area contributed by atoms with Crippen LogP contribution in [0.25, 0.3) is 0 Å². The zero-order valence-corrected chi connectivity index (χ0v) is 15.7. The summed E-state index contributed by atoms with van der Waals surface area (Å²) in [6.07, 6.45) is 14.7. The van der Waals surface area contributed by atoms with Crippen LogP contribution in [0.5, 0.6) is 11.5 Å². The molecule has 0 aromatic heterocycles. The summed E-state index contributed by atoms with van der Waals surface area (Å²) < 4.78 is 0. The van der Waals surface area contributed by atoms with Crippen molar-refractivity contribution in [3.8, 4) is 11.5 Å². The predicted octanol–water partition coefficient (Wildman–Crippen LogP) is 6.46. The Balaban J connectivity index is 1.86. The quantitative estimate of drug-likeness (QED) is 0.270. The van der Waals surface area contributed by atoms with E-state index in [1.807, 2.05) is 0 Å². The first-order valence-electron chi connectivity index (χ1n) is 9.86. The maximum absolute atomic E-state index is 9.69. The van der Waals surface area contributed by atoms with Crippen LogP contribution in [0.4, 0.5) is 5.69 Å². The third kappa shape index (κ3) is 9.69. The van der Waals surface area contributed by atoms with Gasteiger partial charge in [0.2, 0.25) is 0 Å². The van der Waals surface area contributed by atoms with E-state index < -0.39 is 0 Å². The average Bonchev–Trinajstić information content (AvgIpc) is 2.55. The second-order valence-corrected chi connectivity index (χ2v) is 7.32. The monoisotopic (exact) mass is 335 g/mol. The number of para-hydroxylation sites is 1. The molecule has 0 aliphatic carbocycles. The SMILES string of the molecule is CC(C)CCCCCCCCCCCCNc1cccc(O)c1O. The maximum atomic E-state index is 9.69. The maximum Gasteiger partial charge on any atom is 0.181 e. The molecule has 0 saturated carbocycles. The topological polar surface area (TPSA) is 52.5 Å². The third-order valence-electron chi connectivity index (χ3n) is 4.54. The number of nitrogens with one attached hydrogen (secondary N) is 1. The van der Waals surface area contributed by atoms with Crippen molar-refractivity contribution in [2.45, 2.75) is 84.5 Å². The molecule has 0 amide bonds. The smallest absolute Gasteiger partial charge is 0.181 e. The zero-order valence-electron chi connectivity index (χ0n) is 15.7. The molecular weight excluding hydrogens is 298 g/mol. The molecule has 0 bridgehead atoms. The van der Waals surface area contributed by atoms with Crippen LogP contribution >= 0.6 is 0 Å². The van der Waals surface area contributed by atoms with E-state index >= 15 is 0 Å². The molecule has 1 rings (SSSR count). The van der Waals surface area contributed by atoms with Gasteiger partial charge >= 0.3 is 0 Å². The fraction of sp³-hybridized carbons (Fsp3) is 0.714. The molecule has 0 saturated heterocycles. The summed E-state index contributed by atoms with van der Waals surface area (Å²) in [6.45, 7) is 5.46. The van der Waals surface area contributed by atoms with E-state index in [1.165, 1.54) is 70.3 Å². The number of unbranched alkanes of at least 4 members (excludes halogenated alkanes) is 9. The molecule has 24 heavy (non-hydrogen) atoms. The van der Waals surface area contributed by atoms with Gasteiger partial charge in [0.25, 0.3) is 0 Å². The third-order valence-corrected chi connectivity index (χ3v) is 4.54.